The summed E-state index contributed by atoms with van der Waals surface area (Å²) in [6.07, 6.45) is 0. The molecule has 17 heavy (non-hydrogen) atoms. The van der Waals surface area contributed by atoms with E-state index in [0.29, 0.717) is 0 Å². The van der Waals surface area contributed by atoms with Gasteiger partial charge in [0.15, 0.2) is 0 Å². The SMILES string of the molecule is Cc1cc(C(C)(C)C)c2[nH]c(=O)nc(N)c2c1. The van der Waals surface area contributed by atoms with E-state index in [1.807, 2.05) is 13.0 Å². The zero-order chi connectivity index (χ0) is 12.8. The maximum absolute atomic E-state index is 11.4. The Kier molecular flexibility index (Phi) is 2.45. The van der Waals surface area contributed by atoms with Gasteiger partial charge < -0.3 is 10.7 Å². The molecule has 0 saturated heterocycles. The number of rotatable bonds is 0. The Morgan fingerprint density at radius 1 is 1.29 bits per heavy atom. The molecule has 3 N–H and O–H groups in total. The molecule has 0 saturated carbocycles. The van der Waals surface area contributed by atoms with Gasteiger partial charge >= 0.3 is 5.69 Å². The molecule has 90 valence electrons. The molecule has 0 atom stereocenters. The summed E-state index contributed by atoms with van der Waals surface area (Å²) in [6, 6.07) is 4.03. The number of nitrogens with zero attached hydrogens (tertiary/aromatic N) is 1. The lowest BCUT2D eigenvalue weighted by Gasteiger charge is -2.21. The van der Waals surface area contributed by atoms with Gasteiger partial charge in [0, 0.05) is 5.39 Å². The number of hydrogen-bond acceptors (Lipinski definition) is 3. The predicted octanol–water partition coefficient (Wildman–Crippen LogP) is 2.11. The van der Waals surface area contributed by atoms with Crippen LogP contribution in [0.15, 0.2) is 16.9 Å². The molecular formula is C13H17N3O. The summed E-state index contributed by atoms with van der Waals surface area (Å²) >= 11 is 0. The Bertz CT molecular complexity index is 635. The fraction of sp³-hybridized carbons (Fsp3) is 0.385. The predicted molar refractivity (Wildman–Crippen MR) is 70.2 cm³/mol. The average Bonchev–Trinajstić information content (AvgIpc) is 2.16. The van der Waals surface area contributed by atoms with E-state index in [9.17, 15) is 4.79 Å². The summed E-state index contributed by atoms with van der Waals surface area (Å²) in [5.41, 5.74) is 8.34. The first-order valence-electron chi connectivity index (χ1n) is 5.59. The molecule has 0 unspecified atom stereocenters. The zero-order valence-corrected chi connectivity index (χ0v) is 10.6. The summed E-state index contributed by atoms with van der Waals surface area (Å²) in [7, 11) is 0. The van der Waals surface area contributed by atoms with Crippen LogP contribution in [0.5, 0.6) is 0 Å². The Morgan fingerprint density at radius 2 is 1.94 bits per heavy atom. The van der Waals surface area contributed by atoms with E-state index >= 15 is 0 Å². The molecule has 0 aliphatic carbocycles. The summed E-state index contributed by atoms with van der Waals surface area (Å²) in [4.78, 5) is 17.9. The van der Waals surface area contributed by atoms with Gasteiger partial charge in [-0.05, 0) is 29.5 Å². The van der Waals surface area contributed by atoms with Crippen LogP contribution in [0.3, 0.4) is 0 Å². The maximum atomic E-state index is 11.4. The summed E-state index contributed by atoms with van der Waals surface area (Å²) < 4.78 is 0. The number of nitrogen functional groups attached to an aromatic ring is 1. The molecular weight excluding hydrogens is 214 g/mol. The largest absolute Gasteiger partial charge is 0.383 e. The van der Waals surface area contributed by atoms with E-state index in [1.165, 1.54) is 0 Å². The van der Waals surface area contributed by atoms with Crippen LogP contribution in [0.25, 0.3) is 10.9 Å². The third-order valence-corrected chi connectivity index (χ3v) is 2.82. The fourth-order valence-corrected chi connectivity index (χ4v) is 2.02. The average molecular weight is 231 g/mol. The lowest BCUT2D eigenvalue weighted by Crippen LogP contribution is -2.18. The van der Waals surface area contributed by atoms with Gasteiger partial charge in [0.25, 0.3) is 0 Å². The number of anilines is 1. The molecule has 0 aliphatic heterocycles. The van der Waals surface area contributed by atoms with Crippen molar-refractivity contribution in [2.75, 3.05) is 5.73 Å². The third-order valence-electron chi connectivity index (χ3n) is 2.82. The zero-order valence-electron chi connectivity index (χ0n) is 10.6. The lowest BCUT2D eigenvalue weighted by atomic mass is 9.84. The number of aromatic amines is 1. The van der Waals surface area contributed by atoms with Crippen molar-refractivity contribution < 1.29 is 0 Å². The van der Waals surface area contributed by atoms with Crippen molar-refractivity contribution in [3.05, 3.63) is 33.7 Å². The number of H-pyrrole nitrogens is 1. The molecule has 0 spiro atoms. The highest BCUT2D eigenvalue weighted by Gasteiger charge is 2.19. The van der Waals surface area contributed by atoms with E-state index in [0.717, 1.165) is 22.0 Å². The minimum atomic E-state index is -0.399. The van der Waals surface area contributed by atoms with Crippen molar-refractivity contribution in [1.29, 1.82) is 0 Å². The minimum absolute atomic E-state index is 0.0546. The Morgan fingerprint density at radius 3 is 2.53 bits per heavy atom. The van der Waals surface area contributed by atoms with Crippen molar-refractivity contribution in [2.45, 2.75) is 33.1 Å². The van der Waals surface area contributed by atoms with E-state index in [2.05, 4.69) is 36.8 Å². The first-order valence-corrected chi connectivity index (χ1v) is 5.59. The molecule has 1 aromatic heterocycles. The molecule has 0 bridgehead atoms. The van der Waals surface area contributed by atoms with Crippen LogP contribution in [0.1, 0.15) is 31.9 Å². The van der Waals surface area contributed by atoms with Crippen LogP contribution in [-0.4, -0.2) is 9.97 Å². The summed E-state index contributed by atoms with van der Waals surface area (Å²) in [5, 5.41) is 0.814. The normalized spacial score (nSPS) is 12.0. The standard InChI is InChI=1S/C13H17N3O/c1-7-5-8-10(9(6-7)13(2,3)4)15-12(17)16-11(8)14/h5-6H,1-4H3,(H3,14,15,16,17). The van der Waals surface area contributed by atoms with E-state index in [1.54, 1.807) is 0 Å². The molecule has 0 amide bonds. The van der Waals surface area contributed by atoms with Gasteiger partial charge in [-0.2, -0.15) is 4.98 Å². The van der Waals surface area contributed by atoms with Crippen LogP contribution in [0.4, 0.5) is 5.82 Å². The highest BCUT2D eigenvalue weighted by Crippen LogP contribution is 2.30. The maximum Gasteiger partial charge on any atom is 0.347 e. The summed E-state index contributed by atoms with van der Waals surface area (Å²) in [5.74, 6) is 0.290. The highest BCUT2D eigenvalue weighted by atomic mass is 16.1. The van der Waals surface area contributed by atoms with Crippen molar-refractivity contribution in [2.24, 2.45) is 0 Å². The van der Waals surface area contributed by atoms with Crippen LogP contribution in [-0.2, 0) is 5.41 Å². The van der Waals surface area contributed by atoms with Crippen LogP contribution < -0.4 is 11.4 Å². The molecule has 2 rings (SSSR count). The third kappa shape index (κ3) is 2.02. The van der Waals surface area contributed by atoms with Crippen LogP contribution in [0, 0.1) is 6.92 Å². The smallest absolute Gasteiger partial charge is 0.347 e. The fourth-order valence-electron chi connectivity index (χ4n) is 2.02. The monoisotopic (exact) mass is 231 g/mol. The quantitative estimate of drug-likeness (QED) is 0.729. The van der Waals surface area contributed by atoms with Gasteiger partial charge in [-0.25, -0.2) is 4.79 Å². The number of benzene rings is 1. The van der Waals surface area contributed by atoms with Crippen LogP contribution in [0.2, 0.25) is 0 Å². The van der Waals surface area contributed by atoms with Gasteiger partial charge in [-0.15, -0.1) is 0 Å². The summed E-state index contributed by atoms with van der Waals surface area (Å²) in [6.45, 7) is 8.33. The van der Waals surface area contributed by atoms with Gasteiger partial charge in [0.05, 0.1) is 5.52 Å². The molecule has 0 fully saturated rings. The minimum Gasteiger partial charge on any atom is -0.383 e. The second-order valence-electron chi connectivity index (χ2n) is 5.41. The van der Waals surface area contributed by atoms with Crippen molar-refractivity contribution >= 4 is 16.7 Å². The number of hydrogen-bond donors (Lipinski definition) is 2. The van der Waals surface area contributed by atoms with Gasteiger partial charge in [0.1, 0.15) is 5.82 Å². The second-order valence-corrected chi connectivity index (χ2v) is 5.41. The molecule has 4 nitrogen and oxygen atoms in total. The van der Waals surface area contributed by atoms with E-state index in [4.69, 9.17) is 5.73 Å². The lowest BCUT2D eigenvalue weighted by molar-refractivity contribution is 0.594. The molecule has 1 aromatic carbocycles. The molecule has 0 aliphatic rings. The van der Waals surface area contributed by atoms with Crippen molar-refractivity contribution in [3.8, 4) is 0 Å². The van der Waals surface area contributed by atoms with E-state index in [-0.39, 0.29) is 11.2 Å². The Labute approximate surface area is 99.9 Å². The first kappa shape index (κ1) is 11.6. The van der Waals surface area contributed by atoms with Crippen molar-refractivity contribution in [1.82, 2.24) is 9.97 Å². The topological polar surface area (TPSA) is 71.8 Å². The Balaban J connectivity index is 2.98. The van der Waals surface area contributed by atoms with Gasteiger partial charge in [-0.1, -0.05) is 26.8 Å². The molecule has 4 heteroatoms. The first-order chi connectivity index (χ1) is 7.79. The highest BCUT2D eigenvalue weighted by molar-refractivity contribution is 5.91. The van der Waals surface area contributed by atoms with Gasteiger partial charge in [0.2, 0.25) is 0 Å². The molecule has 2 aromatic rings. The number of aryl methyl sites for hydroxylation is 1. The van der Waals surface area contributed by atoms with Crippen LogP contribution >= 0.6 is 0 Å². The van der Waals surface area contributed by atoms with Crippen molar-refractivity contribution in [3.63, 3.8) is 0 Å². The second kappa shape index (κ2) is 3.58. The van der Waals surface area contributed by atoms with Gasteiger partial charge in [-0.3, -0.25) is 0 Å². The Hall–Kier alpha value is -1.84. The number of nitrogens with two attached hydrogens (primary N) is 1. The number of nitrogens with one attached hydrogen (secondary N) is 1. The number of aromatic nitrogens is 2. The number of fused-ring (bicyclic) bond motifs is 1. The van der Waals surface area contributed by atoms with E-state index < -0.39 is 5.69 Å². The molecule has 1 heterocycles. The molecule has 0 radical (unpaired) electrons.